The van der Waals surface area contributed by atoms with Gasteiger partial charge in [0.2, 0.25) is 0 Å². The van der Waals surface area contributed by atoms with E-state index in [9.17, 15) is 0 Å². The summed E-state index contributed by atoms with van der Waals surface area (Å²) in [5.41, 5.74) is 4.41. The summed E-state index contributed by atoms with van der Waals surface area (Å²) in [4.78, 5) is 4.63. The van der Waals surface area contributed by atoms with Crippen LogP contribution in [0.2, 0.25) is 5.02 Å². The number of hydrogen-bond donors (Lipinski definition) is 0. The van der Waals surface area contributed by atoms with Crippen LogP contribution in [-0.4, -0.2) is 9.55 Å². The molecule has 0 spiro atoms. The topological polar surface area (TPSA) is 17.8 Å². The number of aromatic nitrogens is 2. The Morgan fingerprint density at radius 3 is 2.42 bits per heavy atom. The molecule has 2 aromatic heterocycles. The molecule has 5 aromatic rings. The summed E-state index contributed by atoms with van der Waals surface area (Å²) >= 11 is 6.16. The van der Waals surface area contributed by atoms with Crippen LogP contribution in [-0.2, 0) is 0 Å². The van der Waals surface area contributed by atoms with Gasteiger partial charge in [-0.05, 0) is 36.4 Å². The summed E-state index contributed by atoms with van der Waals surface area (Å²) in [6, 6.07) is 24.8. The lowest BCUT2D eigenvalue weighted by Gasteiger charge is -2.09. The van der Waals surface area contributed by atoms with E-state index in [0.29, 0.717) is 5.02 Å². The number of fused-ring (bicyclic) bond motifs is 5. The average Bonchev–Trinajstić information content (AvgIpc) is 2.97. The molecule has 0 aliphatic heterocycles. The fraction of sp³-hybridized carbons (Fsp3) is 0. The molecule has 5 rings (SSSR count). The average molecular weight is 329 g/mol. The van der Waals surface area contributed by atoms with Gasteiger partial charge in [0, 0.05) is 33.1 Å². The monoisotopic (exact) mass is 328 g/mol. The molecule has 114 valence electrons. The zero-order valence-electron chi connectivity index (χ0n) is 12.8. The van der Waals surface area contributed by atoms with Crippen LogP contribution in [0.1, 0.15) is 0 Å². The standard InChI is InChI=1S/C21H13ClN2/c22-14-10-11-17-19(12-14)23-13-18-16-8-4-5-9-20(16)24(21(17)18)15-6-2-1-3-7-15/h1-13H. The van der Waals surface area contributed by atoms with Crippen molar-refractivity contribution in [2.45, 2.75) is 0 Å². The van der Waals surface area contributed by atoms with E-state index in [0.717, 1.165) is 22.0 Å². The lowest BCUT2D eigenvalue weighted by atomic mass is 10.1. The van der Waals surface area contributed by atoms with Crippen LogP contribution in [0.15, 0.2) is 79.0 Å². The molecule has 2 heterocycles. The van der Waals surface area contributed by atoms with Crippen LogP contribution < -0.4 is 0 Å². The molecule has 0 aliphatic rings. The summed E-state index contributed by atoms with van der Waals surface area (Å²) < 4.78 is 2.31. The van der Waals surface area contributed by atoms with Crippen molar-refractivity contribution in [2.24, 2.45) is 0 Å². The van der Waals surface area contributed by atoms with Gasteiger partial charge in [-0.1, -0.05) is 48.0 Å². The van der Waals surface area contributed by atoms with Crippen molar-refractivity contribution in [1.82, 2.24) is 9.55 Å². The molecule has 3 aromatic carbocycles. The Labute approximate surface area is 143 Å². The zero-order chi connectivity index (χ0) is 16.1. The first kappa shape index (κ1) is 13.6. The number of halogens is 1. The molecule has 0 fully saturated rings. The van der Waals surface area contributed by atoms with Crippen LogP contribution in [0.4, 0.5) is 0 Å². The molecule has 0 bridgehead atoms. The third-order valence-corrected chi connectivity index (χ3v) is 4.71. The van der Waals surface area contributed by atoms with Gasteiger partial charge in [0.1, 0.15) is 0 Å². The van der Waals surface area contributed by atoms with Gasteiger partial charge >= 0.3 is 0 Å². The molecule has 0 radical (unpaired) electrons. The normalized spacial score (nSPS) is 11.5. The summed E-state index contributed by atoms with van der Waals surface area (Å²) in [6.45, 7) is 0. The number of benzene rings is 3. The first-order chi connectivity index (χ1) is 11.8. The minimum Gasteiger partial charge on any atom is -0.309 e. The minimum absolute atomic E-state index is 0.705. The van der Waals surface area contributed by atoms with E-state index in [1.165, 1.54) is 16.4 Å². The highest BCUT2D eigenvalue weighted by Crippen LogP contribution is 2.35. The van der Waals surface area contributed by atoms with Crippen LogP contribution in [0.5, 0.6) is 0 Å². The Bertz CT molecular complexity index is 1210. The molecule has 2 nitrogen and oxygen atoms in total. The Kier molecular flexibility index (Phi) is 2.88. The number of rotatable bonds is 1. The molecular formula is C21H13ClN2. The summed E-state index contributed by atoms with van der Waals surface area (Å²) in [6.07, 6.45) is 1.95. The fourth-order valence-electron chi connectivity index (χ4n) is 3.45. The van der Waals surface area contributed by atoms with Gasteiger partial charge < -0.3 is 4.57 Å². The molecule has 3 heteroatoms. The predicted molar refractivity (Wildman–Crippen MR) is 101 cm³/mol. The lowest BCUT2D eigenvalue weighted by Crippen LogP contribution is -1.94. The van der Waals surface area contributed by atoms with Gasteiger partial charge in [-0.3, -0.25) is 4.98 Å². The summed E-state index contributed by atoms with van der Waals surface area (Å²) in [7, 11) is 0. The van der Waals surface area contributed by atoms with E-state index >= 15 is 0 Å². The van der Waals surface area contributed by atoms with Crippen molar-refractivity contribution >= 4 is 44.3 Å². The van der Waals surface area contributed by atoms with Crippen molar-refractivity contribution in [3.63, 3.8) is 0 Å². The highest BCUT2D eigenvalue weighted by Gasteiger charge is 2.15. The van der Waals surface area contributed by atoms with E-state index in [1.807, 2.05) is 24.4 Å². The molecule has 0 saturated heterocycles. The summed E-state index contributed by atoms with van der Waals surface area (Å²) in [5, 5.41) is 4.18. The second-order valence-corrected chi connectivity index (χ2v) is 6.31. The zero-order valence-corrected chi connectivity index (χ0v) is 13.5. The molecule has 0 N–H and O–H groups in total. The van der Waals surface area contributed by atoms with Crippen LogP contribution in [0, 0.1) is 0 Å². The molecule has 0 aliphatic carbocycles. The highest BCUT2D eigenvalue weighted by atomic mass is 35.5. The van der Waals surface area contributed by atoms with E-state index in [4.69, 9.17) is 11.6 Å². The largest absolute Gasteiger partial charge is 0.309 e. The number of hydrogen-bond acceptors (Lipinski definition) is 1. The number of pyridine rings is 1. The van der Waals surface area contributed by atoms with Crippen molar-refractivity contribution in [3.05, 3.63) is 84.0 Å². The minimum atomic E-state index is 0.705. The van der Waals surface area contributed by atoms with Crippen molar-refractivity contribution in [2.75, 3.05) is 0 Å². The first-order valence-corrected chi connectivity index (χ1v) is 8.23. The van der Waals surface area contributed by atoms with Gasteiger partial charge in [0.25, 0.3) is 0 Å². The molecule has 0 saturated carbocycles. The Hall–Kier alpha value is -2.84. The van der Waals surface area contributed by atoms with E-state index < -0.39 is 0 Å². The van der Waals surface area contributed by atoms with Gasteiger partial charge in [-0.15, -0.1) is 0 Å². The predicted octanol–water partition coefficient (Wildman–Crippen LogP) is 5.99. The van der Waals surface area contributed by atoms with Crippen LogP contribution in [0.25, 0.3) is 38.4 Å². The summed E-state index contributed by atoms with van der Waals surface area (Å²) in [5.74, 6) is 0. The smallest absolute Gasteiger partial charge is 0.0738 e. The third-order valence-electron chi connectivity index (χ3n) is 4.48. The SMILES string of the molecule is Clc1ccc2c(c1)ncc1c3ccccc3n(-c3ccccc3)c21. The molecular weight excluding hydrogens is 316 g/mol. The lowest BCUT2D eigenvalue weighted by molar-refractivity contribution is 1.18. The third kappa shape index (κ3) is 1.87. The van der Waals surface area contributed by atoms with E-state index in [-0.39, 0.29) is 0 Å². The number of para-hydroxylation sites is 2. The fourth-order valence-corrected chi connectivity index (χ4v) is 3.62. The van der Waals surface area contributed by atoms with Crippen LogP contribution in [0.3, 0.4) is 0 Å². The second kappa shape index (κ2) is 5.08. The van der Waals surface area contributed by atoms with Gasteiger partial charge in [-0.2, -0.15) is 0 Å². The van der Waals surface area contributed by atoms with E-state index in [2.05, 4.69) is 64.1 Å². The quantitative estimate of drug-likeness (QED) is 0.370. The molecule has 0 amide bonds. The second-order valence-electron chi connectivity index (χ2n) is 5.87. The van der Waals surface area contributed by atoms with Gasteiger partial charge in [0.05, 0.1) is 16.6 Å². The Balaban J connectivity index is 2.07. The molecule has 24 heavy (non-hydrogen) atoms. The van der Waals surface area contributed by atoms with E-state index in [1.54, 1.807) is 0 Å². The van der Waals surface area contributed by atoms with Crippen molar-refractivity contribution in [1.29, 1.82) is 0 Å². The Morgan fingerprint density at radius 2 is 1.54 bits per heavy atom. The molecule has 0 atom stereocenters. The first-order valence-electron chi connectivity index (χ1n) is 7.86. The maximum absolute atomic E-state index is 6.16. The van der Waals surface area contributed by atoms with Crippen LogP contribution >= 0.6 is 11.6 Å². The number of nitrogens with zero attached hydrogens (tertiary/aromatic N) is 2. The highest BCUT2D eigenvalue weighted by molar-refractivity contribution is 6.31. The van der Waals surface area contributed by atoms with Crippen molar-refractivity contribution in [3.8, 4) is 5.69 Å². The molecule has 0 unspecified atom stereocenters. The Morgan fingerprint density at radius 1 is 0.750 bits per heavy atom. The van der Waals surface area contributed by atoms with Gasteiger partial charge in [-0.25, -0.2) is 0 Å². The van der Waals surface area contributed by atoms with Gasteiger partial charge in [0.15, 0.2) is 0 Å². The maximum Gasteiger partial charge on any atom is 0.0738 e. The maximum atomic E-state index is 6.16. The van der Waals surface area contributed by atoms with Crippen molar-refractivity contribution < 1.29 is 0 Å².